The maximum absolute atomic E-state index is 6.01. The Bertz CT molecular complexity index is 549. The van der Waals surface area contributed by atoms with E-state index in [-0.39, 0.29) is 6.04 Å². The van der Waals surface area contributed by atoms with Crippen molar-refractivity contribution in [1.82, 2.24) is 4.98 Å². The summed E-state index contributed by atoms with van der Waals surface area (Å²) in [6.45, 7) is 6.32. The number of benzene rings is 1. The number of nitrogens with zero attached hydrogens (tertiary/aromatic N) is 1. The zero-order chi connectivity index (χ0) is 13.8. The van der Waals surface area contributed by atoms with Crippen LogP contribution < -0.4 is 5.73 Å². The molecule has 2 aromatic rings. The maximum Gasteiger partial charge on any atom is 0.154 e. The van der Waals surface area contributed by atoms with Crippen LogP contribution in [0.1, 0.15) is 30.2 Å². The van der Waals surface area contributed by atoms with Crippen LogP contribution in [0.15, 0.2) is 32.8 Å². The molecular weight excluding hydrogens is 272 g/mol. The van der Waals surface area contributed by atoms with E-state index in [4.69, 9.17) is 5.73 Å². The van der Waals surface area contributed by atoms with Gasteiger partial charge in [0.15, 0.2) is 4.34 Å². The Morgan fingerprint density at radius 3 is 2.74 bits per heavy atom. The number of nitrogens with two attached hydrogens (primary N) is 1. The van der Waals surface area contributed by atoms with Gasteiger partial charge in [0.1, 0.15) is 0 Å². The molecule has 4 heteroatoms. The highest BCUT2D eigenvalue weighted by molar-refractivity contribution is 8.01. The lowest BCUT2D eigenvalue weighted by Gasteiger charge is -2.11. The molecule has 2 rings (SSSR count). The first-order chi connectivity index (χ1) is 9.08. The van der Waals surface area contributed by atoms with Crippen LogP contribution in [-0.4, -0.2) is 11.0 Å². The third-order valence-corrected chi connectivity index (χ3v) is 5.29. The van der Waals surface area contributed by atoms with Gasteiger partial charge >= 0.3 is 0 Å². The summed E-state index contributed by atoms with van der Waals surface area (Å²) in [4.78, 5) is 5.77. The Morgan fingerprint density at radius 1 is 1.37 bits per heavy atom. The van der Waals surface area contributed by atoms with Crippen LogP contribution in [0.5, 0.6) is 0 Å². The van der Waals surface area contributed by atoms with Gasteiger partial charge < -0.3 is 5.73 Å². The van der Waals surface area contributed by atoms with Crippen LogP contribution in [0, 0.1) is 13.8 Å². The van der Waals surface area contributed by atoms with Crippen molar-refractivity contribution in [3.63, 3.8) is 0 Å². The van der Waals surface area contributed by atoms with Gasteiger partial charge in [-0.3, -0.25) is 0 Å². The molecule has 1 aromatic heterocycles. The third-order valence-electron chi connectivity index (χ3n) is 3.06. The highest BCUT2D eigenvalue weighted by Gasteiger charge is 2.07. The van der Waals surface area contributed by atoms with E-state index in [0.717, 1.165) is 22.9 Å². The molecule has 0 aliphatic heterocycles. The number of aromatic nitrogens is 1. The minimum atomic E-state index is 0.263. The van der Waals surface area contributed by atoms with Crippen molar-refractivity contribution in [2.24, 2.45) is 5.73 Å². The Balaban J connectivity index is 2.10. The number of rotatable bonds is 5. The molecule has 0 aliphatic rings. The summed E-state index contributed by atoms with van der Waals surface area (Å²) in [6.07, 6.45) is 1.98. The average Bonchev–Trinajstić information content (AvgIpc) is 2.78. The largest absolute Gasteiger partial charge is 0.327 e. The second-order valence-corrected chi connectivity index (χ2v) is 6.98. The summed E-state index contributed by atoms with van der Waals surface area (Å²) in [5.74, 6) is 0. The summed E-state index contributed by atoms with van der Waals surface area (Å²) >= 11 is 3.45. The van der Waals surface area contributed by atoms with Gasteiger partial charge in [0.25, 0.3) is 0 Å². The van der Waals surface area contributed by atoms with Crippen LogP contribution in [0.25, 0.3) is 0 Å². The van der Waals surface area contributed by atoms with Crippen molar-refractivity contribution in [1.29, 1.82) is 0 Å². The van der Waals surface area contributed by atoms with Gasteiger partial charge in [-0.25, -0.2) is 4.98 Å². The molecule has 1 unspecified atom stereocenters. The molecule has 0 amide bonds. The molecule has 0 bridgehead atoms. The van der Waals surface area contributed by atoms with Crippen molar-refractivity contribution in [2.45, 2.75) is 48.9 Å². The van der Waals surface area contributed by atoms with E-state index < -0.39 is 0 Å². The number of hydrogen-bond acceptors (Lipinski definition) is 4. The molecule has 0 saturated heterocycles. The summed E-state index contributed by atoms with van der Waals surface area (Å²) < 4.78 is 1.11. The van der Waals surface area contributed by atoms with Crippen molar-refractivity contribution >= 4 is 23.1 Å². The number of thiazole rings is 1. The molecule has 0 aliphatic carbocycles. The molecule has 1 aromatic carbocycles. The summed E-state index contributed by atoms with van der Waals surface area (Å²) in [5, 5.41) is 2.09. The van der Waals surface area contributed by atoms with Gasteiger partial charge in [-0.15, -0.1) is 11.3 Å². The van der Waals surface area contributed by atoms with Crippen molar-refractivity contribution in [2.75, 3.05) is 0 Å². The minimum Gasteiger partial charge on any atom is -0.327 e. The fourth-order valence-electron chi connectivity index (χ4n) is 1.87. The number of aryl methyl sites for hydroxylation is 2. The Hall–Kier alpha value is -0.840. The van der Waals surface area contributed by atoms with Gasteiger partial charge in [-0.1, -0.05) is 30.8 Å². The highest BCUT2D eigenvalue weighted by atomic mass is 32.2. The predicted molar refractivity (Wildman–Crippen MR) is 84.1 cm³/mol. The second-order valence-electron chi connectivity index (χ2n) is 4.83. The van der Waals surface area contributed by atoms with Crippen molar-refractivity contribution in [3.8, 4) is 0 Å². The van der Waals surface area contributed by atoms with E-state index in [1.54, 1.807) is 23.1 Å². The lowest BCUT2D eigenvalue weighted by atomic mass is 10.0. The molecule has 2 nitrogen and oxygen atoms in total. The van der Waals surface area contributed by atoms with Gasteiger partial charge in [-0.05, 0) is 43.9 Å². The van der Waals surface area contributed by atoms with Crippen LogP contribution in [0.2, 0.25) is 0 Å². The Labute approximate surface area is 123 Å². The monoisotopic (exact) mass is 292 g/mol. The quantitative estimate of drug-likeness (QED) is 0.898. The fourth-order valence-corrected chi connectivity index (χ4v) is 3.73. The summed E-state index contributed by atoms with van der Waals surface area (Å²) in [6, 6.07) is 6.89. The smallest absolute Gasteiger partial charge is 0.154 e. The molecule has 1 atom stereocenters. The van der Waals surface area contributed by atoms with Crippen LogP contribution in [0.3, 0.4) is 0 Å². The molecule has 0 radical (unpaired) electrons. The first kappa shape index (κ1) is 14.6. The van der Waals surface area contributed by atoms with Crippen LogP contribution in [0.4, 0.5) is 0 Å². The van der Waals surface area contributed by atoms with Crippen LogP contribution >= 0.6 is 23.1 Å². The molecule has 0 saturated carbocycles. The molecule has 19 heavy (non-hydrogen) atoms. The summed E-state index contributed by atoms with van der Waals surface area (Å²) in [7, 11) is 0. The lowest BCUT2D eigenvalue weighted by Crippen LogP contribution is -2.21. The Morgan fingerprint density at radius 2 is 2.16 bits per heavy atom. The molecule has 0 spiro atoms. The lowest BCUT2D eigenvalue weighted by molar-refractivity contribution is 0.646. The van der Waals surface area contributed by atoms with Crippen LogP contribution in [-0.2, 0) is 6.42 Å². The Kier molecular flexibility index (Phi) is 5.02. The first-order valence-corrected chi connectivity index (χ1v) is 8.23. The predicted octanol–water partition coefficient (Wildman–Crippen LogP) is 4.19. The fraction of sp³-hybridized carbons (Fsp3) is 0.400. The van der Waals surface area contributed by atoms with E-state index in [1.165, 1.54) is 16.0 Å². The van der Waals surface area contributed by atoms with E-state index in [0.29, 0.717) is 0 Å². The minimum absolute atomic E-state index is 0.263. The van der Waals surface area contributed by atoms with Crippen molar-refractivity contribution < 1.29 is 0 Å². The van der Waals surface area contributed by atoms with Gasteiger partial charge in [-0.2, -0.15) is 0 Å². The highest BCUT2D eigenvalue weighted by Crippen LogP contribution is 2.32. The van der Waals surface area contributed by atoms with E-state index >= 15 is 0 Å². The van der Waals surface area contributed by atoms with E-state index in [1.807, 2.05) is 6.92 Å². The van der Waals surface area contributed by atoms with Gasteiger partial charge in [0, 0.05) is 22.0 Å². The zero-order valence-electron chi connectivity index (χ0n) is 11.6. The topological polar surface area (TPSA) is 38.9 Å². The van der Waals surface area contributed by atoms with E-state index in [2.05, 4.69) is 42.4 Å². The molecular formula is C15H20N2S2. The van der Waals surface area contributed by atoms with Crippen molar-refractivity contribution in [3.05, 3.63) is 40.4 Å². The first-order valence-electron chi connectivity index (χ1n) is 6.53. The molecule has 2 N–H and O–H groups in total. The molecule has 0 fully saturated rings. The van der Waals surface area contributed by atoms with Gasteiger partial charge in [0.05, 0.1) is 0 Å². The molecule has 1 heterocycles. The van der Waals surface area contributed by atoms with Gasteiger partial charge in [0.2, 0.25) is 0 Å². The number of hydrogen-bond donors (Lipinski definition) is 1. The third kappa shape index (κ3) is 4.06. The second kappa shape index (κ2) is 6.55. The SMILES string of the molecule is CCC(N)Cc1ccc(Sc2nc(C)cs2)c(C)c1. The maximum atomic E-state index is 6.01. The molecule has 102 valence electrons. The normalized spacial score (nSPS) is 12.6. The van der Waals surface area contributed by atoms with E-state index in [9.17, 15) is 0 Å². The zero-order valence-corrected chi connectivity index (χ0v) is 13.3. The standard InChI is InChI=1S/C15H20N2S2/c1-4-13(16)8-12-5-6-14(10(2)7-12)19-15-17-11(3)9-18-15/h5-7,9,13H,4,8,16H2,1-3H3. The average molecular weight is 292 g/mol. The summed E-state index contributed by atoms with van der Waals surface area (Å²) in [5.41, 5.74) is 9.73.